The van der Waals surface area contributed by atoms with Crippen LogP contribution in [0.25, 0.3) is 0 Å². The van der Waals surface area contributed by atoms with Gasteiger partial charge in [0.1, 0.15) is 5.82 Å². The smallest absolute Gasteiger partial charge is 0.350 e. The summed E-state index contributed by atoms with van der Waals surface area (Å²) in [5.41, 5.74) is 5.25. The molecule has 1 aromatic rings. The molecule has 0 aliphatic carbocycles. The largest absolute Gasteiger partial charge is 0.395 e. The average Bonchev–Trinajstić information content (AvgIpc) is 2.71. The molecule has 2 heterocycles. The van der Waals surface area contributed by atoms with Gasteiger partial charge in [0.25, 0.3) is 0 Å². The summed E-state index contributed by atoms with van der Waals surface area (Å²) in [5.74, 6) is 0.281. The number of halogens is 1. The SMILES string of the molecule is Nc1nc(=O)n([C@@H]2CC[C@H](CO)S2)cc1I. The minimum atomic E-state index is -0.311. The van der Waals surface area contributed by atoms with E-state index < -0.39 is 0 Å². The molecule has 3 N–H and O–H groups in total. The summed E-state index contributed by atoms with van der Waals surface area (Å²) in [4.78, 5) is 15.4. The summed E-state index contributed by atoms with van der Waals surface area (Å²) in [5, 5.41) is 9.36. The van der Waals surface area contributed by atoms with Crippen molar-refractivity contribution in [3.63, 3.8) is 0 Å². The van der Waals surface area contributed by atoms with Gasteiger partial charge in [-0.2, -0.15) is 4.98 Å². The average molecular weight is 353 g/mol. The monoisotopic (exact) mass is 353 g/mol. The lowest BCUT2D eigenvalue weighted by atomic mass is 10.2. The molecule has 0 radical (unpaired) electrons. The van der Waals surface area contributed by atoms with Gasteiger partial charge in [0.05, 0.1) is 15.6 Å². The molecule has 2 rings (SSSR count). The lowest BCUT2D eigenvalue weighted by Crippen LogP contribution is -2.26. The van der Waals surface area contributed by atoms with Gasteiger partial charge in [0.15, 0.2) is 0 Å². The van der Waals surface area contributed by atoms with Crippen molar-refractivity contribution >= 4 is 40.2 Å². The Labute approximate surface area is 111 Å². The van der Waals surface area contributed by atoms with E-state index in [4.69, 9.17) is 10.8 Å². The number of hydrogen-bond donors (Lipinski definition) is 2. The van der Waals surface area contributed by atoms with E-state index in [9.17, 15) is 4.79 Å². The van der Waals surface area contributed by atoms with Crippen molar-refractivity contribution in [3.05, 3.63) is 20.3 Å². The first kappa shape index (κ1) is 12.2. The molecular formula is C9H12IN3O2S. The van der Waals surface area contributed by atoms with Gasteiger partial charge in [0, 0.05) is 11.4 Å². The summed E-state index contributed by atoms with van der Waals surface area (Å²) in [6.45, 7) is 0.162. The van der Waals surface area contributed by atoms with Gasteiger partial charge >= 0.3 is 5.69 Å². The highest BCUT2D eigenvalue weighted by atomic mass is 127. The predicted octanol–water partition coefficient (Wildman–Crippen LogP) is 0.817. The van der Waals surface area contributed by atoms with Crippen LogP contribution < -0.4 is 11.4 Å². The summed E-state index contributed by atoms with van der Waals surface area (Å²) >= 11 is 3.68. The van der Waals surface area contributed by atoms with Crippen molar-refractivity contribution in [2.45, 2.75) is 23.5 Å². The third-order valence-electron chi connectivity index (χ3n) is 2.53. The number of nitrogen functional groups attached to an aromatic ring is 1. The van der Waals surface area contributed by atoms with Gasteiger partial charge in [-0.25, -0.2) is 4.79 Å². The number of aliphatic hydroxyl groups excluding tert-OH is 1. The molecule has 7 heteroatoms. The number of thioether (sulfide) groups is 1. The van der Waals surface area contributed by atoms with Gasteiger partial charge < -0.3 is 10.8 Å². The Morgan fingerprint density at radius 1 is 1.69 bits per heavy atom. The fourth-order valence-electron chi connectivity index (χ4n) is 1.69. The normalized spacial score (nSPS) is 24.9. The summed E-state index contributed by atoms with van der Waals surface area (Å²) in [6.07, 6.45) is 3.55. The van der Waals surface area contributed by atoms with Crippen molar-refractivity contribution in [3.8, 4) is 0 Å². The number of anilines is 1. The van der Waals surface area contributed by atoms with Crippen LogP contribution in [0.3, 0.4) is 0 Å². The highest BCUT2D eigenvalue weighted by molar-refractivity contribution is 14.1. The maximum Gasteiger partial charge on any atom is 0.350 e. The van der Waals surface area contributed by atoms with Crippen molar-refractivity contribution in [1.82, 2.24) is 9.55 Å². The highest BCUT2D eigenvalue weighted by Crippen LogP contribution is 2.40. The van der Waals surface area contributed by atoms with Crippen LogP contribution in [0.5, 0.6) is 0 Å². The van der Waals surface area contributed by atoms with Crippen LogP contribution in [-0.2, 0) is 0 Å². The van der Waals surface area contributed by atoms with Crippen LogP contribution >= 0.6 is 34.4 Å². The van der Waals surface area contributed by atoms with Crippen molar-refractivity contribution < 1.29 is 5.11 Å². The zero-order valence-corrected chi connectivity index (χ0v) is 11.4. The topological polar surface area (TPSA) is 81.1 Å². The molecule has 0 amide bonds. The Balaban J connectivity index is 2.28. The first-order valence-electron chi connectivity index (χ1n) is 4.92. The van der Waals surface area contributed by atoms with Gasteiger partial charge in [-0.3, -0.25) is 4.57 Å². The van der Waals surface area contributed by atoms with Crippen LogP contribution in [0.15, 0.2) is 11.0 Å². The molecule has 0 saturated carbocycles. The van der Waals surface area contributed by atoms with Gasteiger partial charge in [-0.1, -0.05) is 0 Å². The lowest BCUT2D eigenvalue weighted by molar-refractivity contribution is 0.292. The quantitative estimate of drug-likeness (QED) is 0.770. The molecule has 16 heavy (non-hydrogen) atoms. The molecule has 88 valence electrons. The number of hydrogen-bond acceptors (Lipinski definition) is 5. The van der Waals surface area contributed by atoms with E-state index in [0.717, 1.165) is 16.4 Å². The van der Waals surface area contributed by atoms with E-state index in [2.05, 4.69) is 27.6 Å². The number of aromatic nitrogens is 2. The number of rotatable bonds is 2. The first-order valence-corrected chi connectivity index (χ1v) is 6.94. The Morgan fingerprint density at radius 3 is 3.06 bits per heavy atom. The molecule has 2 atom stereocenters. The maximum absolute atomic E-state index is 11.7. The lowest BCUT2D eigenvalue weighted by Gasteiger charge is -2.13. The van der Waals surface area contributed by atoms with Crippen LogP contribution in [0.1, 0.15) is 18.2 Å². The molecule has 1 fully saturated rings. The predicted molar refractivity (Wildman–Crippen MR) is 72.4 cm³/mol. The van der Waals surface area contributed by atoms with E-state index in [1.165, 1.54) is 0 Å². The number of aliphatic hydroxyl groups is 1. The molecule has 0 unspecified atom stereocenters. The van der Waals surface area contributed by atoms with Crippen LogP contribution in [0.2, 0.25) is 0 Å². The van der Waals surface area contributed by atoms with Crippen molar-refractivity contribution in [2.75, 3.05) is 12.3 Å². The molecule has 1 aromatic heterocycles. The fourth-order valence-corrected chi connectivity index (χ4v) is 3.47. The molecule has 1 aliphatic heterocycles. The first-order chi connectivity index (χ1) is 7.61. The summed E-state index contributed by atoms with van der Waals surface area (Å²) in [7, 11) is 0. The zero-order valence-electron chi connectivity index (χ0n) is 8.47. The van der Waals surface area contributed by atoms with E-state index in [0.29, 0.717) is 0 Å². The molecule has 0 spiro atoms. The molecule has 5 nitrogen and oxygen atoms in total. The van der Waals surface area contributed by atoms with E-state index in [1.54, 1.807) is 22.5 Å². The molecular weight excluding hydrogens is 341 g/mol. The van der Waals surface area contributed by atoms with Crippen molar-refractivity contribution in [1.29, 1.82) is 0 Å². The van der Waals surface area contributed by atoms with Gasteiger partial charge in [0.2, 0.25) is 0 Å². The second-order valence-corrected chi connectivity index (χ2v) is 6.28. The molecule has 0 bridgehead atoms. The minimum absolute atomic E-state index is 0.0752. The minimum Gasteiger partial charge on any atom is -0.395 e. The summed E-state index contributed by atoms with van der Waals surface area (Å²) in [6, 6.07) is 0. The maximum atomic E-state index is 11.7. The third kappa shape index (κ3) is 2.35. The van der Waals surface area contributed by atoms with Crippen LogP contribution in [0, 0.1) is 3.57 Å². The molecule has 1 saturated heterocycles. The number of nitrogens with zero attached hydrogens (tertiary/aromatic N) is 2. The van der Waals surface area contributed by atoms with Crippen LogP contribution in [-0.4, -0.2) is 26.5 Å². The Hall–Kier alpha value is -0.280. The Kier molecular flexibility index (Phi) is 3.75. The second kappa shape index (κ2) is 4.92. The van der Waals surface area contributed by atoms with Gasteiger partial charge in [-0.15, -0.1) is 11.8 Å². The van der Waals surface area contributed by atoms with Gasteiger partial charge in [-0.05, 0) is 35.4 Å². The van der Waals surface area contributed by atoms with E-state index in [1.807, 2.05) is 0 Å². The second-order valence-electron chi connectivity index (χ2n) is 3.64. The van der Waals surface area contributed by atoms with E-state index in [-0.39, 0.29) is 28.7 Å². The zero-order chi connectivity index (χ0) is 11.7. The van der Waals surface area contributed by atoms with Crippen LogP contribution in [0.4, 0.5) is 5.82 Å². The van der Waals surface area contributed by atoms with E-state index >= 15 is 0 Å². The highest BCUT2D eigenvalue weighted by Gasteiger charge is 2.27. The standard InChI is InChI=1S/C9H12IN3O2S/c10-6-3-13(9(15)12-8(6)11)7-2-1-5(4-14)16-7/h3,5,7,14H,1-2,4H2,(H2,11,12,15)/t5-,7+/m1/s1. The fraction of sp³-hybridized carbons (Fsp3) is 0.556. The number of nitrogens with two attached hydrogens (primary N) is 1. The molecule has 0 aromatic carbocycles. The summed E-state index contributed by atoms with van der Waals surface area (Å²) < 4.78 is 2.39. The Bertz CT molecular complexity index is 451. The third-order valence-corrected chi connectivity index (χ3v) is 4.91. The van der Waals surface area contributed by atoms with Crippen molar-refractivity contribution in [2.24, 2.45) is 0 Å². The molecule has 1 aliphatic rings. The Morgan fingerprint density at radius 2 is 2.44 bits per heavy atom.